The summed E-state index contributed by atoms with van der Waals surface area (Å²) in [6.07, 6.45) is 1.08. The van der Waals surface area contributed by atoms with Gasteiger partial charge >= 0.3 is 6.01 Å². The Morgan fingerprint density at radius 1 is 1.07 bits per heavy atom. The Hall–Kier alpha value is -2.70. The molecule has 0 unspecified atom stereocenters. The lowest BCUT2D eigenvalue weighted by Gasteiger charge is -2.26. The Kier molecular flexibility index (Phi) is 6.44. The summed E-state index contributed by atoms with van der Waals surface area (Å²) in [6, 6.07) is 6.14. The highest BCUT2D eigenvalue weighted by molar-refractivity contribution is 7.92. The summed E-state index contributed by atoms with van der Waals surface area (Å²) >= 11 is 0. The Morgan fingerprint density at radius 2 is 1.71 bits per heavy atom. The van der Waals surface area contributed by atoms with Crippen molar-refractivity contribution in [1.29, 1.82) is 0 Å². The van der Waals surface area contributed by atoms with Crippen LogP contribution < -0.4 is 15.4 Å². The molecule has 0 aliphatic carbocycles. The predicted molar refractivity (Wildman–Crippen MR) is 105 cm³/mol. The topological polar surface area (TPSA) is 142 Å². The molecule has 0 radical (unpaired) electrons. The third-order valence-corrected chi connectivity index (χ3v) is 4.49. The second-order valence-electron chi connectivity index (χ2n) is 6.24. The maximum Gasteiger partial charge on any atom is 0.320 e. The van der Waals surface area contributed by atoms with Gasteiger partial charge in [-0.05, 0) is 24.3 Å². The number of ether oxygens (including phenoxy) is 1. The van der Waals surface area contributed by atoms with Gasteiger partial charge in [0, 0.05) is 37.6 Å². The van der Waals surface area contributed by atoms with Crippen LogP contribution in [0.1, 0.15) is 0 Å². The van der Waals surface area contributed by atoms with E-state index in [0.717, 1.165) is 39.1 Å². The molecule has 1 aliphatic rings. The quantitative estimate of drug-likeness (QED) is 0.485. The van der Waals surface area contributed by atoms with Crippen LogP contribution in [0.4, 0.5) is 23.3 Å². The Bertz CT molecular complexity index is 886. The SMILES string of the molecule is CS(=O)(=O)Nc1ccc(Nc2nc(O)nc(NCCN3CCOCC3)n2)cc1. The second kappa shape index (κ2) is 8.99. The van der Waals surface area contributed by atoms with E-state index in [-0.39, 0.29) is 11.9 Å². The van der Waals surface area contributed by atoms with Crippen LogP contribution in [0, 0.1) is 0 Å². The summed E-state index contributed by atoms with van der Waals surface area (Å²) < 4.78 is 30.2. The van der Waals surface area contributed by atoms with E-state index in [4.69, 9.17) is 4.74 Å². The fourth-order valence-electron chi connectivity index (χ4n) is 2.62. The van der Waals surface area contributed by atoms with Crippen molar-refractivity contribution >= 4 is 33.3 Å². The van der Waals surface area contributed by atoms with Crippen molar-refractivity contribution in [3.8, 4) is 6.01 Å². The van der Waals surface area contributed by atoms with E-state index in [1.54, 1.807) is 24.3 Å². The molecule has 0 amide bonds. The van der Waals surface area contributed by atoms with Crippen molar-refractivity contribution in [2.45, 2.75) is 0 Å². The lowest BCUT2D eigenvalue weighted by atomic mass is 10.3. The molecule has 11 nitrogen and oxygen atoms in total. The summed E-state index contributed by atoms with van der Waals surface area (Å²) in [4.78, 5) is 14.2. The number of hydrogen-bond donors (Lipinski definition) is 4. The molecule has 4 N–H and O–H groups in total. The number of aromatic hydroxyl groups is 1. The number of aromatic nitrogens is 3. The van der Waals surface area contributed by atoms with Gasteiger partial charge in [0.05, 0.1) is 19.5 Å². The Morgan fingerprint density at radius 3 is 2.39 bits per heavy atom. The molecule has 12 heteroatoms. The molecule has 1 fully saturated rings. The van der Waals surface area contributed by atoms with Gasteiger partial charge in [-0.15, -0.1) is 0 Å². The molecule has 1 aromatic carbocycles. The maximum atomic E-state index is 11.2. The molecule has 0 atom stereocenters. The zero-order valence-corrected chi connectivity index (χ0v) is 16.2. The number of sulfonamides is 1. The van der Waals surface area contributed by atoms with Crippen molar-refractivity contribution in [3.05, 3.63) is 24.3 Å². The number of hydrogen-bond acceptors (Lipinski definition) is 10. The molecule has 3 rings (SSSR count). The fraction of sp³-hybridized carbons (Fsp3) is 0.438. The van der Waals surface area contributed by atoms with Crippen molar-refractivity contribution in [2.24, 2.45) is 0 Å². The van der Waals surface area contributed by atoms with E-state index < -0.39 is 16.0 Å². The van der Waals surface area contributed by atoms with Gasteiger partial charge in [0.15, 0.2) is 0 Å². The molecule has 1 saturated heterocycles. The lowest BCUT2D eigenvalue weighted by Crippen LogP contribution is -2.39. The number of benzene rings is 1. The lowest BCUT2D eigenvalue weighted by molar-refractivity contribution is 0.0398. The number of nitrogens with zero attached hydrogens (tertiary/aromatic N) is 4. The second-order valence-corrected chi connectivity index (χ2v) is 7.99. The van der Waals surface area contributed by atoms with Gasteiger partial charge in [0.2, 0.25) is 21.9 Å². The summed E-state index contributed by atoms with van der Waals surface area (Å²) in [5.41, 5.74) is 1.07. The van der Waals surface area contributed by atoms with E-state index in [1.165, 1.54) is 0 Å². The fourth-order valence-corrected chi connectivity index (χ4v) is 3.18. The molecule has 152 valence electrons. The molecule has 0 bridgehead atoms. The van der Waals surface area contributed by atoms with Gasteiger partial charge in [-0.25, -0.2) is 8.42 Å². The van der Waals surface area contributed by atoms with Crippen LogP contribution in [-0.4, -0.2) is 79.0 Å². The molecule has 2 aromatic rings. The number of anilines is 4. The zero-order valence-electron chi connectivity index (χ0n) is 15.4. The molecular weight excluding hydrogens is 386 g/mol. The summed E-state index contributed by atoms with van der Waals surface area (Å²) in [7, 11) is -3.33. The van der Waals surface area contributed by atoms with E-state index in [1.807, 2.05) is 0 Å². The average Bonchev–Trinajstić information content (AvgIpc) is 2.63. The smallest absolute Gasteiger partial charge is 0.320 e. The van der Waals surface area contributed by atoms with Crippen LogP contribution >= 0.6 is 0 Å². The first-order chi connectivity index (χ1) is 13.4. The van der Waals surface area contributed by atoms with Crippen molar-refractivity contribution < 1.29 is 18.3 Å². The van der Waals surface area contributed by atoms with Crippen molar-refractivity contribution in [1.82, 2.24) is 19.9 Å². The van der Waals surface area contributed by atoms with Crippen LogP contribution in [0.25, 0.3) is 0 Å². The maximum absolute atomic E-state index is 11.2. The normalized spacial score (nSPS) is 15.2. The summed E-state index contributed by atoms with van der Waals surface area (Å²) in [5, 5.41) is 15.8. The van der Waals surface area contributed by atoms with Gasteiger partial charge in [-0.3, -0.25) is 9.62 Å². The highest BCUT2D eigenvalue weighted by atomic mass is 32.2. The first-order valence-corrected chi connectivity index (χ1v) is 10.6. The third kappa shape index (κ3) is 6.48. The molecule has 1 aromatic heterocycles. The number of nitrogens with one attached hydrogen (secondary N) is 3. The largest absolute Gasteiger partial charge is 0.479 e. The van der Waals surface area contributed by atoms with Crippen LogP contribution in [0.3, 0.4) is 0 Å². The number of rotatable bonds is 8. The molecule has 0 saturated carbocycles. The minimum Gasteiger partial charge on any atom is -0.479 e. The monoisotopic (exact) mass is 409 g/mol. The highest BCUT2D eigenvalue weighted by Crippen LogP contribution is 2.19. The van der Waals surface area contributed by atoms with Crippen molar-refractivity contribution in [2.75, 3.05) is 61.0 Å². The van der Waals surface area contributed by atoms with Crippen molar-refractivity contribution in [3.63, 3.8) is 0 Å². The van der Waals surface area contributed by atoms with Crippen LogP contribution in [0.15, 0.2) is 24.3 Å². The molecule has 28 heavy (non-hydrogen) atoms. The molecular formula is C16H23N7O4S. The number of morpholine rings is 1. The molecule has 0 spiro atoms. The zero-order chi connectivity index (χ0) is 20.0. The van der Waals surface area contributed by atoms with E-state index in [2.05, 4.69) is 35.2 Å². The minimum atomic E-state index is -3.33. The average molecular weight is 409 g/mol. The van der Waals surface area contributed by atoms with Crippen LogP contribution in [0.2, 0.25) is 0 Å². The Labute approximate surface area is 163 Å². The minimum absolute atomic E-state index is 0.171. The van der Waals surface area contributed by atoms with Gasteiger partial charge in [-0.2, -0.15) is 15.0 Å². The first-order valence-electron chi connectivity index (χ1n) is 8.71. The Balaban J connectivity index is 1.58. The summed E-state index contributed by atoms with van der Waals surface area (Å²) in [5.74, 6) is 0.434. The van der Waals surface area contributed by atoms with E-state index in [0.29, 0.717) is 17.9 Å². The molecule has 2 heterocycles. The van der Waals surface area contributed by atoms with E-state index >= 15 is 0 Å². The van der Waals surface area contributed by atoms with Crippen LogP contribution in [0.5, 0.6) is 6.01 Å². The summed E-state index contributed by atoms with van der Waals surface area (Å²) in [6.45, 7) is 4.68. The molecule has 1 aliphatic heterocycles. The highest BCUT2D eigenvalue weighted by Gasteiger charge is 2.11. The van der Waals surface area contributed by atoms with Gasteiger partial charge in [0.1, 0.15) is 0 Å². The predicted octanol–water partition coefficient (Wildman–Crippen LogP) is 0.436. The van der Waals surface area contributed by atoms with Crippen LogP contribution in [-0.2, 0) is 14.8 Å². The van der Waals surface area contributed by atoms with Gasteiger partial charge < -0.3 is 20.5 Å². The van der Waals surface area contributed by atoms with Gasteiger partial charge in [0.25, 0.3) is 0 Å². The third-order valence-electron chi connectivity index (χ3n) is 3.88. The standard InChI is InChI=1S/C16H23N7O4S/c1-28(25,26)22-13-4-2-12(3-5-13)18-15-19-14(20-16(24)21-15)17-6-7-23-8-10-27-11-9-23/h2-5,22H,6-11H2,1H3,(H3,17,18,19,20,21,24). The van der Waals surface area contributed by atoms with Gasteiger partial charge in [-0.1, -0.05) is 0 Å². The van der Waals surface area contributed by atoms with E-state index in [9.17, 15) is 13.5 Å². The first kappa shape index (κ1) is 20.0.